The van der Waals surface area contributed by atoms with Crippen molar-refractivity contribution in [2.45, 2.75) is 63.7 Å². The number of carbonyl (C=O) groups is 2. The Balaban J connectivity index is 1.50. The molecule has 1 saturated carbocycles. The lowest BCUT2D eigenvalue weighted by Crippen LogP contribution is -2.40. The normalized spacial score (nSPS) is 22.7. The number of ether oxygens (including phenoxy) is 1. The van der Waals surface area contributed by atoms with E-state index in [1.54, 1.807) is 7.11 Å². The molecule has 2 amide bonds. The first kappa shape index (κ1) is 17.3. The number of aromatic nitrogens is 1. The minimum absolute atomic E-state index is 0.0102. The molecule has 2 N–H and O–H groups in total. The number of carbonyl (C=O) groups excluding carboxylic acids is 2. The van der Waals surface area contributed by atoms with E-state index in [1.165, 1.54) is 12.8 Å². The van der Waals surface area contributed by atoms with E-state index in [0.29, 0.717) is 30.6 Å². The number of nitrogens with zero attached hydrogens (tertiary/aromatic N) is 2. The smallest absolute Gasteiger partial charge is 0.256 e. The number of nitrogens with one attached hydrogen (secondary N) is 2. The first-order valence-electron chi connectivity index (χ1n) is 9.56. The number of rotatable bonds is 5. The number of hydrogen-bond acceptors (Lipinski definition) is 5. The Bertz CT molecular complexity index is 709. The Morgan fingerprint density at radius 1 is 1.35 bits per heavy atom. The van der Waals surface area contributed by atoms with Gasteiger partial charge in [0.05, 0.1) is 31.0 Å². The predicted octanol–water partition coefficient (Wildman–Crippen LogP) is 1.36. The average Bonchev–Trinajstić information content (AvgIpc) is 3.40. The summed E-state index contributed by atoms with van der Waals surface area (Å²) in [7, 11) is 1.57. The van der Waals surface area contributed by atoms with Crippen molar-refractivity contribution in [1.29, 1.82) is 0 Å². The first-order valence-corrected chi connectivity index (χ1v) is 9.56. The summed E-state index contributed by atoms with van der Waals surface area (Å²) in [5.41, 5.74) is 2.19. The lowest BCUT2D eigenvalue weighted by Gasteiger charge is -2.22. The number of pyridine rings is 1. The van der Waals surface area contributed by atoms with Gasteiger partial charge in [-0.05, 0) is 38.3 Å². The fourth-order valence-corrected chi connectivity index (χ4v) is 4.30. The molecule has 0 radical (unpaired) electrons. The zero-order chi connectivity index (χ0) is 18.1. The van der Waals surface area contributed by atoms with Crippen LogP contribution in [0.5, 0.6) is 5.88 Å². The van der Waals surface area contributed by atoms with Crippen LogP contribution in [0.25, 0.3) is 0 Å². The number of amides is 2. The summed E-state index contributed by atoms with van der Waals surface area (Å²) in [5.74, 6) is 0.542. The van der Waals surface area contributed by atoms with Crippen molar-refractivity contribution in [3.05, 3.63) is 22.9 Å². The van der Waals surface area contributed by atoms with Gasteiger partial charge >= 0.3 is 0 Å². The van der Waals surface area contributed by atoms with E-state index in [-0.39, 0.29) is 17.9 Å². The maximum absolute atomic E-state index is 12.8. The van der Waals surface area contributed by atoms with Gasteiger partial charge in [-0.1, -0.05) is 12.8 Å². The molecule has 0 aromatic carbocycles. The van der Waals surface area contributed by atoms with Crippen LogP contribution in [0.1, 0.15) is 60.1 Å². The second-order valence-electron chi connectivity index (χ2n) is 7.39. The van der Waals surface area contributed by atoms with Crippen LogP contribution in [0.15, 0.2) is 6.07 Å². The first-order chi connectivity index (χ1) is 12.7. The van der Waals surface area contributed by atoms with Gasteiger partial charge in [0, 0.05) is 18.2 Å². The molecule has 1 aliphatic carbocycles. The second-order valence-corrected chi connectivity index (χ2v) is 7.39. The molecule has 140 valence electrons. The third kappa shape index (κ3) is 3.16. The highest BCUT2D eigenvalue weighted by atomic mass is 16.5. The molecule has 0 spiro atoms. The molecule has 1 saturated heterocycles. The van der Waals surface area contributed by atoms with Gasteiger partial charge < -0.3 is 20.3 Å². The van der Waals surface area contributed by atoms with Crippen molar-refractivity contribution in [1.82, 2.24) is 20.5 Å². The van der Waals surface area contributed by atoms with Crippen LogP contribution in [0, 0.1) is 0 Å². The van der Waals surface area contributed by atoms with E-state index in [0.717, 1.165) is 43.5 Å². The minimum atomic E-state index is -0.122. The lowest BCUT2D eigenvalue weighted by atomic mass is 10.1. The van der Waals surface area contributed by atoms with Gasteiger partial charge in [-0.3, -0.25) is 9.59 Å². The number of fused-ring (bicyclic) bond motifs is 1. The summed E-state index contributed by atoms with van der Waals surface area (Å²) < 4.78 is 5.42. The molecule has 2 aliphatic heterocycles. The number of hydrogen-bond donors (Lipinski definition) is 2. The summed E-state index contributed by atoms with van der Waals surface area (Å²) in [5, 5.41) is 6.13. The standard InChI is InChI=1S/C19H26N4O3/c1-26-18-12(10-21-17(24)15-7-4-8-20-15)9-14-16(22-18)11-23(19(14)25)13-5-2-3-6-13/h9,13,15,20H,2-8,10-11H2,1H3,(H,21,24)/t15-/m0/s1. The van der Waals surface area contributed by atoms with Crippen molar-refractivity contribution in [3.8, 4) is 5.88 Å². The zero-order valence-electron chi connectivity index (χ0n) is 15.2. The molecule has 26 heavy (non-hydrogen) atoms. The van der Waals surface area contributed by atoms with E-state index in [1.807, 2.05) is 11.0 Å². The quantitative estimate of drug-likeness (QED) is 0.830. The average molecular weight is 358 g/mol. The largest absolute Gasteiger partial charge is 0.481 e. The number of methoxy groups -OCH3 is 1. The molecule has 3 aliphatic rings. The SMILES string of the molecule is COc1nc2c(cc1CNC(=O)[C@@H]1CCCN1)C(=O)N(C1CCCC1)C2. The third-order valence-electron chi connectivity index (χ3n) is 5.74. The van der Waals surface area contributed by atoms with Crippen LogP contribution in [-0.2, 0) is 17.9 Å². The van der Waals surface area contributed by atoms with Gasteiger partial charge in [0.1, 0.15) is 0 Å². The Labute approximate surface area is 153 Å². The predicted molar refractivity (Wildman–Crippen MR) is 95.8 cm³/mol. The highest BCUT2D eigenvalue weighted by Gasteiger charge is 2.36. The fourth-order valence-electron chi connectivity index (χ4n) is 4.30. The molecule has 1 aromatic rings. The lowest BCUT2D eigenvalue weighted by molar-refractivity contribution is -0.122. The summed E-state index contributed by atoms with van der Waals surface area (Å²) in [6.45, 7) is 1.76. The minimum Gasteiger partial charge on any atom is -0.481 e. The van der Waals surface area contributed by atoms with Crippen molar-refractivity contribution in [3.63, 3.8) is 0 Å². The molecule has 7 nitrogen and oxygen atoms in total. The molecular weight excluding hydrogens is 332 g/mol. The molecule has 4 rings (SSSR count). The van der Waals surface area contributed by atoms with Gasteiger partial charge in [-0.25, -0.2) is 4.98 Å². The monoisotopic (exact) mass is 358 g/mol. The van der Waals surface area contributed by atoms with Crippen molar-refractivity contribution in [2.24, 2.45) is 0 Å². The Hall–Kier alpha value is -2.15. The van der Waals surface area contributed by atoms with Gasteiger partial charge in [-0.2, -0.15) is 0 Å². The van der Waals surface area contributed by atoms with Gasteiger partial charge in [0.15, 0.2) is 0 Å². The Morgan fingerprint density at radius 2 is 2.15 bits per heavy atom. The third-order valence-corrected chi connectivity index (χ3v) is 5.74. The molecule has 3 heterocycles. The highest BCUT2D eigenvalue weighted by molar-refractivity contribution is 5.98. The van der Waals surface area contributed by atoms with E-state index in [2.05, 4.69) is 15.6 Å². The summed E-state index contributed by atoms with van der Waals surface area (Å²) in [6.07, 6.45) is 6.41. The highest BCUT2D eigenvalue weighted by Crippen LogP contribution is 2.33. The van der Waals surface area contributed by atoms with Crippen LogP contribution in [-0.4, -0.2) is 47.4 Å². The maximum atomic E-state index is 12.8. The molecule has 0 unspecified atom stereocenters. The summed E-state index contributed by atoms with van der Waals surface area (Å²) in [4.78, 5) is 31.6. The second kappa shape index (κ2) is 7.23. The molecular formula is C19H26N4O3. The maximum Gasteiger partial charge on any atom is 0.256 e. The molecule has 7 heteroatoms. The summed E-state index contributed by atoms with van der Waals surface area (Å²) in [6, 6.07) is 2.06. The summed E-state index contributed by atoms with van der Waals surface area (Å²) >= 11 is 0. The van der Waals surface area contributed by atoms with Crippen molar-refractivity contribution in [2.75, 3.05) is 13.7 Å². The van der Waals surface area contributed by atoms with Gasteiger partial charge in [-0.15, -0.1) is 0 Å². The topological polar surface area (TPSA) is 83.6 Å². The van der Waals surface area contributed by atoms with Crippen LogP contribution >= 0.6 is 0 Å². The van der Waals surface area contributed by atoms with Crippen LogP contribution in [0.2, 0.25) is 0 Å². The van der Waals surface area contributed by atoms with Gasteiger partial charge in [0.2, 0.25) is 11.8 Å². The molecule has 2 fully saturated rings. The fraction of sp³-hybridized carbons (Fsp3) is 0.632. The van der Waals surface area contributed by atoms with E-state index < -0.39 is 0 Å². The van der Waals surface area contributed by atoms with Crippen LogP contribution in [0.3, 0.4) is 0 Å². The molecule has 1 atom stereocenters. The van der Waals surface area contributed by atoms with Crippen LogP contribution < -0.4 is 15.4 Å². The van der Waals surface area contributed by atoms with Crippen LogP contribution in [0.4, 0.5) is 0 Å². The van der Waals surface area contributed by atoms with E-state index >= 15 is 0 Å². The van der Waals surface area contributed by atoms with Crippen molar-refractivity contribution < 1.29 is 14.3 Å². The van der Waals surface area contributed by atoms with E-state index in [9.17, 15) is 9.59 Å². The van der Waals surface area contributed by atoms with E-state index in [4.69, 9.17) is 4.74 Å². The molecule has 0 bridgehead atoms. The molecule has 1 aromatic heterocycles. The Morgan fingerprint density at radius 3 is 2.85 bits per heavy atom. The van der Waals surface area contributed by atoms with Crippen molar-refractivity contribution >= 4 is 11.8 Å². The Kier molecular flexibility index (Phi) is 4.80. The zero-order valence-corrected chi connectivity index (χ0v) is 15.2. The van der Waals surface area contributed by atoms with Gasteiger partial charge in [0.25, 0.3) is 5.91 Å².